The lowest BCUT2D eigenvalue weighted by Crippen LogP contribution is -2.44. The van der Waals surface area contributed by atoms with Crippen molar-refractivity contribution < 1.29 is 19.7 Å². The molecule has 7 heteroatoms. The highest BCUT2D eigenvalue weighted by molar-refractivity contribution is 7.98. The normalized spacial score (nSPS) is 20.9. The summed E-state index contributed by atoms with van der Waals surface area (Å²) < 4.78 is 5.32. The molecule has 0 radical (unpaired) electrons. The smallest absolute Gasteiger partial charge is 0.308 e. The van der Waals surface area contributed by atoms with Gasteiger partial charge in [0.1, 0.15) is 5.75 Å². The zero-order valence-corrected chi connectivity index (χ0v) is 18.6. The van der Waals surface area contributed by atoms with Crippen molar-refractivity contribution in [1.29, 1.82) is 0 Å². The van der Waals surface area contributed by atoms with Crippen molar-refractivity contribution in [2.75, 3.05) is 38.8 Å². The largest absolute Gasteiger partial charge is 0.497 e. The number of aliphatic carboxylic acids is 1. The van der Waals surface area contributed by atoms with E-state index in [-0.39, 0.29) is 11.8 Å². The van der Waals surface area contributed by atoms with E-state index in [9.17, 15) is 15.0 Å². The van der Waals surface area contributed by atoms with Crippen molar-refractivity contribution >= 4 is 28.6 Å². The third-order valence-corrected chi connectivity index (χ3v) is 6.83. The van der Waals surface area contributed by atoms with Crippen LogP contribution in [-0.4, -0.2) is 64.8 Å². The first-order valence-corrected chi connectivity index (χ1v) is 12.0. The Morgan fingerprint density at radius 1 is 1.40 bits per heavy atom. The van der Waals surface area contributed by atoms with E-state index in [4.69, 9.17) is 4.74 Å². The van der Waals surface area contributed by atoms with Crippen molar-refractivity contribution in [1.82, 2.24) is 9.88 Å². The molecule has 0 aliphatic carbocycles. The number of piperidine rings is 1. The van der Waals surface area contributed by atoms with Gasteiger partial charge in [0.15, 0.2) is 0 Å². The summed E-state index contributed by atoms with van der Waals surface area (Å²) in [7, 11) is 1.62. The maximum Gasteiger partial charge on any atom is 0.308 e. The molecule has 0 saturated carbocycles. The summed E-state index contributed by atoms with van der Waals surface area (Å²) in [5.74, 6) is 0.840. The van der Waals surface area contributed by atoms with Gasteiger partial charge in [0.05, 0.1) is 24.6 Å². The fraction of sp³-hybridized carbons (Fsp3) is 0.565. The van der Waals surface area contributed by atoms with Crippen LogP contribution in [0.25, 0.3) is 10.9 Å². The van der Waals surface area contributed by atoms with Gasteiger partial charge < -0.3 is 19.8 Å². The van der Waals surface area contributed by atoms with E-state index in [0.717, 1.165) is 53.9 Å². The number of aliphatic hydroxyl groups is 1. The lowest BCUT2D eigenvalue weighted by atomic mass is 9.81. The van der Waals surface area contributed by atoms with E-state index in [1.54, 1.807) is 13.3 Å². The number of carbonyl (C=O) groups is 1. The van der Waals surface area contributed by atoms with Crippen LogP contribution >= 0.6 is 11.8 Å². The van der Waals surface area contributed by atoms with Gasteiger partial charge in [-0.2, -0.15) is 11.8 Å². The number of nitrogens with zero attached hydrogens (tertiary/aromatic N) is 2. The van der Waals surface area contributed by atoms with Crippen LogP contribution in [0.3, 0.4) is 0 Å². The van der Waals surface area contributed by atoms with Gasteiger partial charge in [-0.15, -0.1) is 0 Å². The highest BCUT2D eigenvalue weighted by atomic mass is 32.2. The second kappa shape index (κ2) is 11.0. The fourth-order valence-corrected chi connectivity index (χ4v) is 4.84. The van der Waals surface area contributed by atoms with Gasteiger partial charge >= 0.3 is 5.97 Å². The average molecular weight is 433 g/mol. The van der Waals surface area contributed by atoms with Gasteiger partial charge in [-0.3, -0.25) is 9.78 Å². The fourth-order valence-electron chi connectivity index (χ4n) is 4.42. The number of fused-ring (bicyclic) bond motifs is 1. The number of likely N-dealkylation sites (tertiary alicyclic amines) is 1. The Kier molecular flexibility index (Phi) is 8.36. The number of hydrogen-bond acceptors (Lipinski definition) is 6. The number of ether oxygens (including phenoxy) is 1. The molecule has 0 bridgehead atoms. The average Bonchev–Trinajstić information content (AvgIpc) is 2.77. The number of hydrogen-bond donors (Lipinski definition) is 2. The summed E-state index contributed by atoms with van der Waals surface area (Å²) in [6, 6.07) is 7.48. The molecule has 6 nitrogen and oxygen atoms in total. The zero-order valence-electron chi connectivity index (χ0n) is 17.8. The number of carboxylic acids is 1. The molecule has 2 N–H and O–H groups in total. The molecule has 2 heterocycles. The summed E-state index contributed by atoms with van der Waals surface area (Å²) in [6.45, 7) is 2.51. The predicted molar refractivity (Wildman–Crippen MR) is 121 cm³/mol. The molecule has 3 rings (SSSR count). The molecule has 1 fully saturated rings. The maximum absolute atomic E-state index is 11.9. The van der Waals surface area contributed by atoms with Gasteiger partial charge in [0.25, 0.3) is 0 Å². The highest BCUT2D eigenvalue weighted by Gasteiger charge is 2.34. The number of rotatable bonds is 10. The zero-order chi connectivity index (χ0) is 21.5. The van der Waals surface area contributed by atoms with E-state index in [0.29, 0.717) is 19.4 Å². The van der Waals surface area contributed by atoms with Gasteiger partial charge in [0, 0.05) is 18.1 Å². The number of aromatic nitrogens is 1. The minimum atomic E-state index is -0.719. The second-order valence-electron chi connectivity index (χ2n) is 8.02. The first-order valence-electron chi connectivity index (χ1n) is 10.6. The van der Waals surface area contributed by atoms with E-state index in [1.807, 2.05) is 36.0 Å². The molecule has 1 aliphatic rings. The first kappa shape index (κ1) is 22.8. The number of pyridine rings is 1. The number of thioether (sulfide) groups is 1. The molecule has 1 aromatic carbocycles. The molecule has 0 amide bonds. The molecule has 1 aromatic heterocycles. The van der Waals surface area contributed by atoms with Crippen LogP contribution in [0.4, 0.5) is 0 Å². The summed E-state index contributed by atoms with van der Waals surface area (Å²) in [6.07, 6.45) is 6.35. The second-order valence-corrected chi connectivity index (χ2v) is 9.00. The van der Waals surface area contributed by atoms with Crippen LogP contribution in [0.1, 0.15) is 37.4 Å². The van der Waals surface area contributed by atoms with Gasteiger partial charge in [0.2, 0.25) is 0 Å². The van der Waals surface area contributed by atoms with E-state index < -0.39 is 12.1 Å². The lowest BCUT2D eigenvalue weighted by molar-refractivity contribution is -0.146. The Morgan fingerprint density at radius 2 is 2.23 bits per heavy atom. The SMILES string of the molecule is COc1ccc2nccc([C@H](O)CC[C@@H]3CCN(CCCSC)C[C@@H]3C(=O)O)c2c1. The minimum absolute atomic E-state index is 0.0941. The summed E-state index contributed by atoms with van der Waals surface area (Å²) in [4.78, 5) is 18.5. The van der Waals surface area contributed by atoms with Crippen LogP contribution in [0.5, 0.6) is 5.75 Å². The summed E-state index contributed by atoms with van der Waals surface area (Å²) in [5.41, 5.74) is 1.63. The molecule has 1 aliphatic heterocycles. The molecule has 3 atom stereocenters. The Morgan fingerprint density at radius 3 is 2.97 bits per heavy atom. The van der Waals surface area contributed by atoms with Crippen LogP contribution in [0, 0.1) is 11.8 Å². The van der Waals surface area contributed by atoms with Gasteiger partial charge in [-0.1, -0.05) is 0 Å². The number of aliphatic hydroxyl groups excluding tert-OH is 1. The molecule has 30 heavy (non-hydrogen) atoms. The molecule has 1 saturated heterocycles. The Balaban J connectivity index is 1.64. The van der Waals surface area contributed by atoms with E-state index >= 15 is 0 Å². The third kappa shape index (κ3) is 5.65. The summed E-state index contributed by atoms with van der Waals surface area (Å²) in [5, 5.41) is 21.5. The lowest BCUT2D eigenvalue weighted by Gasteiger charge is -2.37. The summed E-state index contributed by atoms with van der Waals surface area (Å²) >= 11 is 1.83. The molecular weight excluding hydrogens is 400 g/mol. The highest BCUT2D eigenvalue weighted by Crippen LogP contribution is 2.33. The Labute approximate surface area is 182 Å². The van der Waals surface area contributed by atoms with E-state index in [1.165, 1.54) is 0 Å². The van der Waals surface area contributed by atoms with Gasteiger partial charge in [-0.05, 0) is 86.5 Å². The standard InChI is InChI=1S/C23H32N2O4S/c1-29-17-5-6-21-19(14-17)18(8-10-24-21)22(26)7-4-16-9-12-25(11-3-13-30-2)15-20(16)23(27)28/h5-6,8,10,14,16,20,22,26H,3-4,7,9,11-13,15H2,1-2H3,(H,27,28)/t16-,20+,22-/m1/s1. The molecule has 2 aromatic rings. The number of carboxylic acid groups (broad SMARTS) is 1. The number of benzene rings is 1. The minimum Gasteiger partial charge on any atom is -0.497 e. The molecule has 0 unspecified atom stereocenters. The van der Waals surface area contributed by atoms with Crippen molar-refractivity contribution in [2.45, 2.75) is 31.8 Å². The van der Waals surface area contributed by atoms with Crippen LogP contribution in [0.15, 0.2) is 30.5 Å². The predicted octanol–water partition coefficient (Wildman–Crippen LogP) is 3.83. The van der Waals surface area contributed by atoms with Gasteiger partial charge in [-0.25, -0.2) is 0 Å². The van der Waals surface area contributed by atoms with Crippen LogP contribution in [0.2, 0.25) is 0 Å². The van der Waals surface area contributed by atoms with Crippen LogP contribution in [-0.2, 0) is 4.79 Å². The monoisotopic (exact) mass is 432 g/mol. The third-order valence-electron chi connectivity index (χ3n) is 6.13. The van der Waals surface area contributed by atoms with Crippen molar-refractivity contribution in [3.63, 3.8) is 0 Å². The first-order chi connectivity index (χ1) is 14.5. The quantitative estimate of drug-likeness (QED) is 0.552. The molecular formula is C23H32N2O4S. The molecule has 164 valence electrons. The van der Waals surface area contributed by atoms with Crippen molar-refractivity contribution in [3.8, 4) is 5.75 Å². The molecule has 0 spiro atoms. The Hall–Kier alpha value is -1.83. The Bertz CT molecular complexity index is 847. The van der Waals surface area contributed by atoms with E-state index in [2.05, 4.69) is 16.1 Å². The van der Waals surface area contributed by atoms with Crippen molar-refractivity contribution in [2.24, 2.45) is 11.8 Å². The van der Waals surface area contributed by atoms with Crippen LogP contribution < -0.4 is 4.74 Å². The maximum atomic E-state index is 11.9. The number of methoxy groups -OCH3 is 1. The van der Waals surface area contributed by atoms with Crippen molar-refractivity contribution in [3.05, 3.63) is 36.0 Å². The topological polar surface area (TPSA) is 82.9 Å².